The summed E-state index contributed by atoms with van der Waals surface area (Å²) in [6.07, 6.45) is -51.4. The molecule has 53 heavy (non-hydrogen) atoms. The highest BCUT2D eigenvalue weighted by Crippen LogP contribution is 2.63. The predicted octanol–water partition coefficient (Wildman–Crippen LogP) is 12.0. The average Bonchev–Trinajstić information content (AvgIpc) is 2.84. The van der Waals surface area contributed by atoms with Gasteiger partial charge >= 0.3 is 84.3 Å². The predicted molar refractivity (Wildman–Crippen MR) is 91.0 cm³/mol. The highest BCUT2D eigenvalue weighted by Gasteiger charge is 2.88. The molecule has 0 aliphatic carbocycles. The standard InChI is InChI=1S/C18F34O/c19-3(1(7(25,26)15(41,42)43)5(21,22)11(33,34)13(37,38)17(47,48)49)9(29,30)53-10(31,32)4(20)2(8(27,28)16(44,45)46)6(23,24)12(35,36)14(39,40)18(50,51)52. The Morgan fingerprint density at radius 1 is 0.245 bits per heavy atom. The first-order chi connectivity index (χ1) is 22.3. The number of ether oxygens (including phenoxy) is 1. The second-order valence-electron chi connectivity index (χ2n) is 9.10. The van der Waals surface area contributed by atoms with Crippen molar-refractivity contribution in [1.29, 1.82) is 0 Å². The first-order valence-electron chi connectivity index (χ1n) is 10.8. The highest BCUT2D eigenvalue weighted by atomic mass is 19.5. The van der Waals surface area contributed by atoms with Crippen LogP contribution in [0, 0.1) is 0 Å². The van der Waals surface area contributed by atoms with Crippen molar-refractivity contribution in [2.24, 2.45) is 0 Å². The van der Waals surface area contributed by atoms with Crippen molar-refractivity contribution in [3.63, 3.8) is 0 Å². The quantitative estimate of drug-likeness (QED) is 0.178. The molecule has 0 amide bonds. The maximum atomic E-state index is 14.1. The first kappa shape index (κ1) is 50.1. The number of hydrogen-bond acceptors (Lipinski definition) is 1. The average molecular weight is 878 g/mol. The molecule has 0 atom stereocenters. The molecule has 0 unspecified atom stereocenters. The summed E-state index contributed by atoms with van der Waals surface area (Å²) in [4.78, 5) is 0. The fraction of sp³-hybridized carbons (Fsp3) is 0.778. The van der Waals surface area contributed by atoms with Crippen molar-refractivity contribution in [1.82, 2.24) is 0 Å². The van der Waals surface area contributed by atoms with E-state index in [9.17, 15) is 149 Å². The van der Waals surface area contributed by atoms with Gasteiger partial charge in [0, 0.05) is 0 Å². The molecule has 0 heterocycles. The number of halogens is 34. The smallest absolute Gasteiger partial charge is 0.243 e. The summed E-state index contributed by atoms with van der Waals surface area (Å²) in [5.41, 5.74) is -13.4. The molecule has 35 heteroatoms. The molecule has 0 saturated heterocycles. The fourth-order valence-electron chi connectivity index (χ4n) is 2.84. The van der Waals surface area contributed by atoms with Gasteiger partial charge in [-0.2, -0.15) is 140 Å². The minimum absolute atomic E-state index is 0.938. The Balaban J connectivity index is 8.51. The summed E-state index contributed by atoms with van der Waals surface area (Å²) in [7, 11) is 0. The van der Waals surface area contributed by atoms with Crippen LogP contribution in [-0.4, -0.2) is 84.3 Å². The van der Waals surface area contributed by atoms with Crippen LogP contribution in [0.5, 0.6) is 0 Å². The van der Waals surface area contributed by atoms with Crippen molar-refractivity contribution in [3.05, 3.63) is 22.8 Å². The normalized spacial score (nSPS) is 17.5. The van der Waals surface area contributed by atoms with E-state index in [0.717, 1.165) is 4.74 Å². The largest absolute Gasteiger partial charge is 0.460 e. The number of rotatable bonds is 12. The second-order valence-corrected chi connectivity index (χ2v) is 9.10. The summed E-state index contributed by atoms with van der Waals surface area (Å²) < 4.78 is 450. The maximum absolute atomic E-state index is 14.1. The van der Waals surface area contributed by atoms with Gasteiger partial charge in [0.25, 0.3) is 0 Å². The Morgan fingerprint density at radius 3 is 0.585 bits per heavy atom. The van der Waals surface area contributed by atoms with E-state index in [0.29, 0.717) is 0 Å². The zero-order valence-corrected chi connectivity index (χ0v) is 22.3. The van der Waals surface area contributed by atoms with Gasteiger partial charge in [-0.3, -0.25) is 0 Å². The van der Waals surface area contributed by atoms with Crippen molar-refractivity contribution >= 4 is 0 Å². The summed E-state index contributed by atoms with van der Waals surface area (Å²) in [5, 5.41) is 0. The van der Waals surface area contributed by atoms with E-state index in [1.54, 1.807) is 0 Å². The molecule has 0 N–H and O–H groups in total. The molecule has 0 aliphatic heterocycles. The third kappa shape index (κ3) is 7.66. The Hall–Kier alpha value is -2.94. The lowest BCUT2D eigenvalue weighted by Gasteiger charge is -2.38. The molecule has 0 aromatic carbocycles. The summed E-state index contributed by atoms with van der Waals surface area (Å²) >= 11 is 0. The van der Waals surface area contributed by atoms with Crippen molar-refractivity contribution in [3.8, 4) is 0 Å². The van der Waals surface area contributed by atoms with Crippen LogP contribution in [0.4, 0.5) is 149 Å². The van der Waals surface area contributed by atoms with Gasteiger partial charge in [0.05, 0.1) is 0 Å². The van der Waals surface area contributed by atoms with E-state index >= 15 is 0 Å². The molecule has 0 saturated carbocycles. The van der Waals surface area contributed by atoms with Crippen LogP contribution < -0.4 is 0 Å². The number of alkyl halides is 32. The van der Waals surface area contributed by atoms with E-state index < -0.39 is 107 Å². The highest BCUT2D eigenvalue weighted by molar-refractivity contribution is 5.36. The number of hydrogen-bond donors (Lipinski definition) is 0. The molecular weight excluding hydrogens is 878 g/mol. The molecule has 0 aromatic rings. The lowest BCUT2D eigenvalue weighted by Crippen LogP contribution is -2.64. The van der Waals surface area contributed by atoms with Gasteiger partial charge in [0.15, 0.2) is 0 Å². The Bertz CT molecular complexity index is 1300. The van der Waals surface area contributed by atoms with Gasteiger partial charge in [-0.25, -0.2) is 13.5 Å². The van der Waals surface area contributed by atoms with Crippen LogP contribution in [-0.2, 0) is 4.74 Å². The zero-order chi connectivity index (χ0) is 44.0. The molecule has 316 valence electrons. The minimum atomic E-state index is -9.29. The second kappa shape index (κ2) is 12.8. The topological polar surface area (TPSA) is 9.23 Å². The molecular formula is C18F34O. The maximum Gasteiger partial charge on any atom is 0.460 e. The van der Waals surface area contributed by atoms with Gasteiger partial charge in [0.1, 0.15) is 11.1 Å². The molecule has 0 rings (SSSR count). The Kier molecular flexibility index (Phi) is 12.1. The fourth-order valence-corrected chi connectivity index (χ4v) is 2.84. The van der Waals surface area contributed by atoms with Crippen LogP contribution in [0.2, 0.25) is 0 Å². The molecule has 0 aliphatic rings. The van der Waals surface area contributed by atoms with Crippen LogP contribution in [0.15, 0.2) is 22.8 Å². The van der Waals surface area contributed by atoms with Crippen molar-refractivity contribution in [2.75, 3.05) is 0 Å². The van der Waals surface area contributed by atoms with Crippen LogP contribution in [0.3, 0.4) is 0 Å². The van der Waals surface area contributed by atoms with Crippen LogP contribution in [0.25, 0.3) is 0 Å². The molecule has 1 nitrogen and oxygen atoms in total. The molecule has 0 radical (unpaired) electrons. The summed E-state index contributed by atoms with van der Waals surface area (Å²) in [5.74, 6) is -85.6. The van der Waals surface area contributed by atoms with E-state index in [1.165, 1.54) is 0 Å². The molecule has 0 fully saturated rings. The van der Waals surface area contributed by atoms with Crippen LogP contribution >= 0.6 is 0 Å². The van der Waals surface area contributed by atoms with Crippen molar-refractivity contribution in [2.45, 2.75) is 84.3 Å². The number of allylic oxidation sites excluding steroid dienone is 2. The zero-order valence-electron chi connectivity index (χ0n) is 22.3. The monoisotopic (exact) mass is 878 g/mol. The molecule has 0 aromatic heterocycles. The minimum Gasteiger partial charge on any atom is -0.243 e. The SMILES string of the molecule is FC(=C(C(F)(F)C(F)(F)F)C(F)(F)C(F)(F)C(F)(F)C(F)(F)F)C(F)(F)OC(F)(F)C(F)=C(C(F)(F)C(F)(F)F)C(F)(F)C(F)(F)C(F)(F)C(F)(F)F. The summed E-state index contributed by atoms with van der Waals surface area (Å²) in [6, 6.07) is 0. The Morgan fingerprint density at radius 2 is 0.434 bits per heavy atom. The van der Waals surface area contributed by atoms with Crippen LogP contribution in [0.1, 0.15) is 0 Å². The van der Waals surface area contributed by atoms with E-state index in [-0.39, 0.29) is 0 Å². The van der Waals surface area contributed by atoms with Gasteiger partial charge < -0.3 is 0 Å². The van der Waals surface area contributed by atoms with E-state index in [4.69, 9.17) is 0 Å². The third-order valence-electron chi connectivity index (χ3n) is 5.46. The lowest BCUT2D eigenvalue weighted by atomic mass is 9.90. The van der Waals surface area contributed by atoms with Gasteiger partial charge in [-0.15, -0.1) is 0 Å². The first-order valence-corrected chi connectivity index (χ1v) is 10.8. The van der Waals surface area contributed by atoms with E-state index in [2.05, 4.69) is 0 Å². The Labute approximate surface area is 262 Å². The summed E-state index contributed by atoms with van der Waals surface area (Å²) in [6.45, 7) is 0. The third-order valence-corrected chi connectivity index (χ3v) is 5.46. The molecule has 0 spiro atoms. The molecule has 0 bridgehead atoms. The van der Waals surface area contributed by atoms with E-state index in [1.807, 2.05) is 0 Å². The van der Waals surface area contributed by atoms with Gasteiger partial charge in [-0.05, 0) is 0 Å². The van der Waals surface area contributed by atoms with Gasteiger partial charge in [0.2, 0.25) is 11.7 Å². The van der Waals surface area contributed by atoms with Gasteiger partial charge in [-0.1, -0.05) is 0 Å². The van der Waals surface area contributed by atoms with Crippen molar-refractivity contribution < 1.29 is 154 Å². The lowest BCUT2D eigenvalue weighted by molar-refractivity contribution is -0.398.